The summed E-state index contributed by atoms with van der Waals surface area (Å²) in [7, 11) is 3.49. The zero-order valence-corrected chi connectivity index (χ0v) is 34.8. The quantitative estimate of drug-likeness (QED) is 0.241. The molecule has 4 aliphatic heterocycles. The number of carbonyl (C=O) groups is 2. The van der Waals surface area contributed by atoms with Crippen molar-refractivity contribution in [3.05, 3.63) is 47.3 Å². The maximum atomic E-state index is 16.0. The number of halogens is 2. The second-order valence-corrected chi connectivity index (χ2v) is 18.2. The number of piperidine rings is 3. The van der Waals surface area contributed by atoms with Crippen molar-refractivity contribution in [2.75, 3.05) is 70.2 Å². The monoisotopic (exact) mass is 805 g/mol. The van der Waals surface area contributed by atoms with Crippen molar-refractivity contribution >= 4 is 34.8 Å². The van der Waals surface area contributed by atoms with Gasteiger partial charge in [-0.05, 0) is 121 Å². The number of carbonyl (C=O) groups excluding carboxylic acids is 2. The molecule has 15 heteroatoms. The van der Waals surface area contributed by atoms with Crippen molar-refractivity contribution < 1.29 is 27.8 Å². The van der Waals surface area contributed by atoms with Crippen molar-refractivity contribution in [2.24, 2.45) is 11.8 Å². The maximum absolute atomic E-state index is 16.0. The second kappa shape index (κ2) is 16.5. The van der Waals surface area contributed by atoms with Gasteiger partial charge in [-0.2, -0.15) is 0 Å². The Morgan fingerprint density at radius 1 is 0.966 bits per heavy atom. The number of benzene rings is 1. The van der Waals surface area contributed by atoms with Gasteiger partial charge in [0.25, 0.3) is 11.8 Å². The number of anilines is 3. The van der Waals surface area contributed by atoms with Crippen LogP contribution in [-0.4, -0.2) is 131 Å². The second-order valence-electron chi connectivity index (χ2n) is 18.2. The standard InChI is InChI=1S/C43H61F2N9O4/c1-42(2,3)58-41(56)52-20-13-29(14-21-52)23-28-11-18-51(19-12-28)37-16-17-50(27-43(37,44)45)26-30-7-6-8-34-31(30)15-22-53(34)38-24-33(46-4)39-47-25-35(54(39)49-38)40(55)48-32-9-10-36(32)57-5/h6-8,24-25,28-29,32,36-37,46H,9-23,26-27H2,1-5H3,(H,48,55)/t32-,36-,37-/m1/s1. The zero-order valence-electron chi connectivity index (χ0n) is 34.8. The number of methoxy groups -OCH3 is 1. The molecule has 0 unspecified atom stereocenters. The molecule has 1 aliphatic carbocycles. The number of imidazole rings is 1. The Kier molecular flexibility index (Phi) is 11.6. The van der Waals surface area contributed by atoms with Crippen LogP contribution in [0.25, 0.3) is 5.65 Å². The summed E-state index contributed by atoms with van der Waals surface area (Å²) in [5.41, 5.74) is 4.39. The van der Waals surface area contributed by atoms with Crippen LogP contribution < -0.4 is 15.5 Å². The van der Waals surface area contributed by atoms with Crippen LogP contribution in [0.5, 0.6) is 0 Å². The highest BCUT2D eigenvalue weighted by molar-refractivity contribution is 5.94. The highest BCUT2D eigenvalue weighted by Gasteiger charge is 2.48. The van der Waals surface area contributed by atoms with Crippen LogP contribution in [-0.2, 0) is 22.4 Å². The maximum Gasteiger partial charge on any atom is 0.410 e. The average molecular weight is 806 g/mol. The van der Waals surface area contributed by atoms with Gasteiger partial charge in [0.1, 0.15) is 5.60 Å². The Bertz CT molecular complexity index is 1950. The number of alkyl halides is 2. The Morgan fingerprint density at radius 2 is 1.71 bits per heavy atom. The molecule has 8 rings (SSSR count). The first-order valence-corrected chi connectivity index (χ1v) is 21.4. The first-order valence-electron chi connectivity index (χ1n) is 21.4. The van der Waals surface area contributed by atoms with Gasteiger partial charge in [-0.1, -0.05) is 12.1 Å². The third-order valence-electron chi connectivity index (χ3n) is 13.2. The van der Waals surface area contributed by atoms with E-state index in [1.165, 1.54) is 0 Å². The van der Waals surface area contributed by atoms with Crippen LogP contribution in [0.15, 0.2) is 30.5 Å². The first kappa shape index (κ1) is 40.7. The van der Waals surface area contributed by atoms with E-state index >= 15 is 8.78 Å². The van der Waals surface area contributed by atoms with Gasteiger partial charge in [0, 0.05) is 58.6 Å². The summed E-state index contributed by atoms with van der Waals surface area (Å²) in [6, 6.07) is 7.32. The third kappa shape index (κ3) is 8.49. The molecule has 5 aliphatic rings. The van der Waals surface area contributed by atoms with Crippen molar-refractivity contribution in [1.82, 2.24) is 34.6 Å². The van der Waals surface area contributed by atoms with Gasteiger partial charge in [0.05, 0.1) is 36.6 Å². The fourth-order valence-electron chi connectivity index (χ4n) is 9.95. The van der Waals surface area contributed by atoms with Crippen LogP contribution in [0.2, 0.25) is 0 Å². The lowest BCUT2D eigenvalue weighted by Crippen LogP contribution is -2.59. The van der Waals surface area contributed by atoms with Crippen LogP contribution in [0.1, 0.15) is 93.8 Å². The van der Waals surface area contributed by atoms with Gasteiger partial charge < -0.3 is 29.9 Å². The van der Waals surface area contributed by atoms with Gasteiger partial charge in [0.15, 0.2) is 17.2 Å². The van der Waals surface area contributed by atoms with Crippen LogP contribution in [0.4, 0.5) is 30.8 Å². The van der Waals surface area contributed by atoms with Gasteiger partial charge in [0.2, 0.25) is 0 Å². The lowest BCUT2D eigenvalue weighted by molar-refractivity contribution is -0.134. The van der Waals surface area contributed by atoms with Gasteiger partial charge >= 0.3 is 6.09 Å². The van der Waals surface area contributed by atoms with E-state index < -0.39 is 17.6 Å². The smallest absolute Gasteiger partial charge is 0.410 e. The molecular weight excluding hydrogens is 745 g/mol. The van der Waals surface area contributed by atoms with Crippen molar-refractivity contribution in [3.8, 4) is 0 Å². The number of ether oxygens (including phenoxy) is 2. The molecule has 3 saturated heterocycles. The molecule has 3 aromatic rings. The van der Waals surface area contributed by atoms with Gasteiger partial charge in [-0.3, -0.25) is 14.6 Å². The van der Waals surface area contributed by atoms with E-state index in [4.69, 9.17) is 14.6 Å². The Balaban J connectivity index is 0.863. The number of aromatic nitrogens is 3. The van der Waals surface area contributed by atoms with Gasteiger partial charge in [-0.25, -0.2) is 23.1 Å². The van der Waals surface area contributed by atoms with Crippen molar-refractivity contribution in [1.29, 1.82) is 0 Å². The number of hydrogen-bond donors (Lipinski definition) is 2. The Morgan fingerprint density at radius 3 is 2.36 bits per heavy atom. The van der Waals surface area contributed by atoms with Crippen LogP contribution in [0, 0.1) is 11.8 Å². The van der Waals surface area contributed by atoms with E-state index in [1.54, 1.807) is 17.8 Å². The summed E-state index contributed by atoms with van der Waals surface area (Å²) >= 11 is 0. The molecule has 2 amide bonds. The van der Waals surface area contributed by atoms with E-state index in [9.17, 15) is 9.59 Å². The number of nitrogens with zero attached hydrogens (tertiary/aromatic N) is 7. The summed E-state index contributed by atoms with van der Waals surface area (Å²) < 4.78 is 44.7. The predicted octanol–water partition coefficient (Wildman–Crippen LogP) is 6.33. The molecule has 1 aromatic carbocycles. The lowest BCUT2D eigenvalue weighted by Gasteiger charge is -2.46. The summed E-state index contributed by atoms with van der Waals surface area (Å²) in [6.45, 7) is 10.1. The Hall–Kier alpha value is -4.08. The predicted molar refractivity (Wildman–Crippen MR) is 219 cm³/mol. The molecular formula is C43H61F2N9O4. The lowest BCUT2D eigenvalue weighted by atomic mass is 9.82. The summed E-state index contributed by atoms with van der Waals surface area (Å²) in [5, 5.41) is 11.2. The van der Waals surface area contributed by atoms with Crippen LogP contribution in [0.3, 0.4) is 0 Å². The summed E-state index contributed by atoms with van der Waals surface area (Å²) in [4.78, 5) is 38.3. The molecule has 3 atom stereocenters. The normalized spacial score (nSPS) is 24.8. The Labute approximate surface area is 340 Å². The van der Waals surface area contributed by atoms with Crippen molar-refractivity contribution in [2.45, 2.75) is 115 Å². The number of likely N-dealkylation sites (tertiary alicyclic amines) is 3. The minimum Gasteiger partial charge on any atom is -0.444 e. The average Bonchev–Trinajstić information content (AvgIpc) is 3.82. The molecule has 13 nitrogen and oxygen atoms in total. The van der Waals surface area contributed by atoms with Gasteiger partial charge in [-0.15, -0.1) is 5.10 Å². The van der Waals surface area contributed by atoms with E-state index in [0.29, 0.717) is 55.0 Å². The molecule has 0 radical (unpaired) electrons. The minimum absolute atomic E-state index is 0.0104. The van der Waals surface area contributed by atoms with E-state index in [2.05, 4.69) is 37.6 Å². The molecule has 6 heterocycles. The van der Waals surface area contributed by atoms with Crippen LogP contribution >= 0.6 is 0 Å². The largest absolute Gasteiger partial charge is 0.444 e. The zero-order chi connectivity index (χ0) is 40.8. The van der Waals surface area contributed by atoms with E-state index in [0.717, 1.165) is 100 Å². The number of hydrogen-bond acceptors (Lipinski definition) is 10. The fourth-order valence-corrected chi connectivity index (χ4v) is 9.95. The van der Waals surface area contributed by atoms with E-state index in [1.807, 2.05) is 49.8 Å². The molecule has 4 fully saturated rings. The highest BCUT2D eigenvalue weighted by atomic mass is 19.3. The topological polar surface area (TPSA) is 120 Å². The van der Waals surface area contributed by atoms with E-state index in [-0.39, 0.29) is 30.7 Å². The molecule has 1 saturated carbocycles. The van der Waals surface area contributed by atoms with Crippen molar-refractivity contribution in [3.63, 3.8) is 0 Å². The minimum atomic E-state index is -2.80. The third-order valence-corrected chi connectivity index (χ3v) is 13.2. The SMILES string of the molecule is CNc1cc(N2CCc3c(CN4CC[C@@H](N5CCC(CC6CCN(C(=O)OC(C)(C)C)CC6)CC5)C(F)(F)C4)cccc32)nn2c(C(=O)N[C@@H]3CC[C@H]3OC)cnc12. The molecule has 2 aromatic heterocycles. The first-order chi connectivity index (χ1) is 27.8. The summed E-state index contributed by atoms with van der Waals surface area (Å²) in [5.74, 6) is -1.25. The molecule has 316 valence electrons. The highest BCUT2D eigenvalue weighted by Crippen LogP contribution is 2.40. The molecule has 58 heavy (non-hydrogen) atoms. The number of nitrogens with one attached hydrogen (secondary N) is 2. The number of fused-ring (bicyclic) bond motifs is 2. The molecule has 0 bridgehead atoms. The number of amides is 2. The number of rotatable bonds is 10. The molecule has 2 N–H and O–H groups in total. The summed E-state index contributed by atoms with van der Waals surface area (Å²) in [6.07, 6.45) is 9.32. The fraction of sp³-hybridized carbons (Fsp3) is 0.674. The molecule has 0 spiro atoms.